The van der Waals surface area contributed by atoms with Crippen molar-refractivity contribution in [3.05, 3.63) is 48.0 Å². The van der Waals surface area contributed by atoms with E-state index in [1.165, 1.54) is 19.2 Å². The standard InChI is InChI=1S/C21H22F3N3O3/c1-30-18-9-8-16(12-17(18)27-10-3-2-7-20(27)29)26-19(28)13-25-15-6-4-5-14(11-15)21(22,23)24/h4-6,8-9,11-12,25H,2-3,7,10,13H2,1H3,(H,26,28). The fourth-order valence-electron chi connectivity index (χ4n) is 3.23. The first-order valence-corrected chi connectivity index (χ1v) is 9.47. The van der Waals surface area contributed by atoms with Crippen molar-refractivity contribution in [1.82, 2.24) is 0 Å². The number of alkyl halides is 3. The second kappa shape index (κ2) is 9.06. The van der Waals surface area contributed by atoms with Gasteiger partial charge in [-0.25, -0.2) is 0 Å². The number of piperidine rings is 1. The number of nitrogens with one attached hydrogen (secondary N) is 2. The number of carbonyl (C=O) groups is 2. The number of nitrogens with zero attached hydrogens (tertiary/aromatic N) is 1. The van der Waals surface area contributed by atoms with Crippen LogP contribution in [0.4, 0.5) is 30.2 Å². The van der Waals surface area contributed by atoms with E-state index in [1.807, 2.05) is 0 Å². The molecule has 9 heteroatoms. The normalized spacial score (nSPS) is 14.4. The number of benzene rings is 2. The average Bonchev–Trinajstić information content (AvgIpc) is 2.72. The summed E-state index contributed by atoms with van der Waals surface area (Å²) < 4.78 is 43.7. The quantitative estimate of drug-likeness (QED) is 0.731. The Bertz CT molecular complexity index is 931. The Balaban J connectivity index is 1.67. The molecule has 0 aliphatic carbocycles. The Hall–Kier alpha value is -3.23. The molecule has 0 saturated carbocycles. The number of amides is 2. The van der Waals surface area contributed by atoms with Gasteiger partial charge in [0.2, 0.25) is 11.8 Å². The minimum absolute atomic E-state index is 0.00533. The van der Waals surface area contributed by atoms with E-state index in [-0.39, 0.29) is 18.1 Å². The Morgan fingerprint density at radius 2 is 1.93 bits per heavy atom. The van der Waals surface area contributed by atoms with Crippen LogP contribution in [0, 0.1) is 0 Å². The third-order valence-electron chi connectivity index (χ3n) is 4.72. The summed E-state index contributed by atoms with van der Waals surface area (Å²) in [5.74, 6) is 0.0769. The molecule has 2 aromatic rings. The number of halogens is 3. The maximum atomic E-state index is 12.8. The Kier molecular flexibility index (Phi) is 6.49. The van der Waals surface area contributed by atoms with Crippen LogP contribution in [0.25, 0.3) is 0 Å². The second-order valence-electron chi connectivity index (χ2n) is 6.87. The fourth-order valence-corrected chi connectivity index (χ4v) is 3.23. The molecule has 160 valence electrons. The largest absolute Gasteiger partial charge is 0.495 e. The van der Waals surface area contributed by atoms with Crippen molar-refractivity contribution in [2.24, 2.45) is 0 Å². The first-order chi connectivity index (χ1) is 14.3. The van der Waals surface area contributed by atoms with Crippen molar-refractivity contribution in [1.29, 1.82) is 0 Å². The molecule has 1 aliphatic heterocycles. The Morgan fingerprint density at radius 3 is 2.63 bits per heavy atom. The zero-order valence-electron chi connectivity index (χ0n) is 16.4. The third kappa shape index (κ3) is 5.22. The molecule has 1 fully saturated rings. The van der Waals surface area contributed by atoms with Crippen molar-refractivity contribution in [2.45, 2.75) is 25.4 Å². The summed E-state index contributed by atoms with van der Waals surface area (Å²) in [6, 6.07) is 9.59. The second-order valence-corrected chi connectivity index (χ2v) is 6.87. The van der Waals surface area contributed by atoms with Crippen molar-refractivity contribution in [3.8, 4) is 5.75 Å². The predicted octanol–water partition coefficient (Wildman–Crippen LogP) is 4.28. The number of methoxy groups -OCH3 is 1. The van der Waals surface area contributed by atoms with Crippen LogP contribution in [0.1, 0.15) is 24.8 Å². The van der Waals surface area contributed by atoms with E-state index in [2.05, 4.69) is 10.6 Å². The maximum absolute atomic E-state index is 12.8. The van der Waals surface area contributed by atoms with E-state index in [4.69, 9.17) is 4.74 Å². The maximum Gasteiger partial charge on any atom is 0.416 e. The predicted molar refractivity (Wildman–Crippen MR) is 108 cm³/mol. The number of hydrogen-bond acceptors (Lipinski definition) is 4. The summed E-state index contributed by atoms with van der Waals surface area (Å²) in [5.41, 5.74) is 0.430. The van der Waals surface area contributed by atoms with Crippen molar-refractivity contribution in [2.75, 3.05) is 35.7 Å². The summed E-state index contributed by atoms with van der Waals surface area (Å²) in [7, 11) is 1.50. The van der Waals surface area contributed by atoms with Gasteiger partial charge >= 0.3 is 6.18 Å². The molecule has 0 aromatic heterocycles. The molecular weight excluding hydrogens is 399 g/mol. The summed E-state index contributed by atoms with van der Waals surface area (Å²) >= 11 is 0. The van der Waals surface area contributed by atoms with Crippen LogP contribution in [0.3, 0.4) is 0 Å². The highest BCUT2D eigenvalue weighted by molar-refractivity contribution is 5.98. The van der Waals surface area contributed by atoms with E-state index < -0.39 is 17.6 Å². The SMILES string of the molecule is COc1ccc(NC(=O)CNc2cccc(C(F)(F)F)c2)cc1N1CCCCC1=O. The van der Waals surface area contributed by atoms with Crippen molar-refractivity contribution in [3.63, 3.8) is 0 Å². The van der Waals surface area contributed by atoms with Gasteiger partial charge in [0.1, 0.15) is 5.75 Å². The van der Waals surface area contributed by atoms with Gasteiger partial charge in [-0.2, -0.15) is 13.2 Å². The number of anilines is 3. The van der Waals surface area contributed by atoms with Crippen LogP contribution in [-0.4, -0.2) is 32.0 Å². The highest BCUT2D eigenvalue weighted by atomic mass is 19.4. The zero-order valence-corrected chi connectivity index (χ0v) is 16.4. The van der Waals surface area contributed by atoms with Crippen LogP contribution in [0.5, 0.6) is 5.75 Å². The molecule has 0 atom stereocenters. The lowest BCUT2D eigenvalue weighted by molar-refractivity contribution is -0.137. The molecule has 0 radical (unpaired) electrons. The summed E-state index contributed by atoms with van der Waals surface area (Å²) in [6.45, 7) is 0.356. The number of rotatable bonds is 6. The number of hydrogen-bond donors (Lipinski definition) is 2. The van der Waals surface area contributed by atoms with Crippen LogP contribution >= 0.6 is 0 Å². The first-order valence-electron chi connectivity index (χ1n) is 9.47. The molecule has 0 bridgehead atoms. The lowest BCUT2D eigenvalue weighted by Crippen LogP contribution is -2.35. The molecule has 30 heavy (non-hydrogen) atoms. The third-order valence-corrected chi connectivity index (χ3v) is 4.72. The van der Waals surface area contributed by atoms with Crippen LogP contribution in [0.15, 0.2) is 42.5 Å². The lowest BCUT2D eigenvalue weighted by Gasteiger charge is -2.28. The smallest absolute Gasteiger partial charge is 0.416 e. The van der Waals surface area contributed by atoms with Crippen LogP contribution in [0.2, 0.25) is 0 Å². The molecule has 6 nitrogen and oxygen atoms in total. The van der Waals surface area contributed by atoms with E-state index in [9.17, 15) is 22.8 Å². The van der Waals surface area contributed by atoms with Gasteiger partial charge in [0, 0.05) is 24.3 Å². The summed E-state index contributed by atoms with van der Waals surface area (Å²) in [6.07, 6.45) is -2.27. The van der Waals surface area contributed by atoms with Crippen LogP contribution in [-0.2, 0) is 15.8 Å². The Morgan fingerprint density at radius 1 is 1.13 bits per heavy atom. The number of ether oxygens (including phenoxy) is 1. The topological polar surface area (TPSA) is 70.7 Å². The molecule has 2 aromatic carbocycles. The van der Waals surface area contributed by atoms with Crippen LogP contribution < -0.4 is 20.3 Å². The minimum Gasteiger partial charge on any atom is -0.495 e. The highest BCUT2D eigenvalue weighted by Gasteiger charge is 2.30. The molecule has 3 rings (SSSR count). The average molecular weight is 421 g/mol. The molecule has 2 N–H and O–H groups in total. The lowest BCUT2D eigenvalue weighted by atomic mass is 10.1. The van der Waals surface area contributed by atoms with Gasteiger partial charge in [-0.05, 0) is 49.2 Å². The van der Waals surface area contributed by atoms with Crippen molar-refractivity contribution < 1.29 is 27.5 Å². The molecule has 0 spiro atoms. The van der Waals surface area contributed by atoms with Gasteiger partial charge in [-0.15, -0.1) is 0 Å². The van der Waals surface area contributed by atoms with Gasteiger partial charge in [0.05, 0.1) is 24.9 Å². The number of carbonyl (C=O) groups excluding carboxylic acids is 2. The fraction of sp³-hybridized carbons (Fsp3) is 0.333. The Labute approximate surface area is 172 Å². The molecule has 2 amide bonds. The summed E-state index contributed by atoms with van der Waals surface area (Å²) in [4.78, 5) is 26.2. The van der Waals surface area contributed by atoms with Gasteiger partial charge in [-0.3, -0.25) is 9.59 Å². The monoisotopic (exact) mass is 421 g/mol. The first kappa shape index (κ1) is 21.5. The van der Waals surface area contributed by atoms with Gasteiger partial charge < -0.3 is 20.3 Å². The van der Waals surface area contributed by atoms with Gasteiger partial charge in [0.15, 0.2) is 0 Å². The van der Waals surface area contributed by atoms with E-state index in [0.717, 1.165) is 25.0 Å². The molecule has 1 aliphatic rings. The van der Waals surface area contributed by atoms with Gasteiger partial charge in [0.25, 0.3) is 0 Å². The minimum atomic E-state index is -4.45. The molecule has 1 heterocycles. The van der Waals surface area contributed by atoms with E-state index >= 15 is 0 Å². The van der Waals surface area contributed by atoms with Crippen molar-refractivity contribution >= 4 is 28.9 Å². The molecular formula is C21H22F3N3O3. The molecule has 0 unspecified atom stereocenters. The summed E-state index contributed by atoms with van der Waals surface area (Å²) in [5, 5.41) is 5.37. The zero-order chi connectivity index (χ0) is 21.7. The van der Waals surface area contributed by atoms with E-state index in [1.54, 1.807) is 23.1 Å². The van der Waals surface area contributed by atoms with Gasteiger partial charge in [-0.1, -0.05) is 6.07 Å². The van der Waals surface area contributed by atoms with E-state index in [0.29, 0.717) is 30.1 Å². The molecule has 1 saturated heterocycles. The highest BCUT2D eigenvalue weighted by Crippen LogP contribution is 2.34.